The molecule has 6 aromatic carbocycles. The number of anilines is 1. The number of fused-ring (bicyclic) bond motifs is 2. The number of hydrogen-bond acceptors (Lipinski definition) is 2. The smallest absolute Gasteiger partial charge is 0.135 e. The van der Waals surface area contributed by atoms with E-state index in [9.17, 15) is 0 Å². The molecule has 6 aromatic rings. The Balaban J connectivity index is 1.76. The molecular weight excluding hydrogens is 414 g/mol. The van der Waals surface area contributed by atoms with Crippen molar-refractivity contribution in [2.45, 2.75) is 0 Å². The molecule has 0 radical (unpaired) electrons. The molecule has 0 heterocycles. The van der Waals surface area contributed by atoms with Gasteiger partial charge in [0, 0.05) is 16.6 Å². The fourth-order valence-electron chi connectivity index (χ4n) is 4.76. The van der Waals surface area contributed by atoms with E-state index in [1.54, 1.807) is 0 Å². The molecule has 0 unspecified atom stereocenters. The molecule has 2 heteroatoms. The van der Waals surface area contributed by atoms with Crippen molar-refractivity contribution in [3.8, 4) is 33.8 Å². The fourth-order valence-corrected chi connectivity index (χ4v) is 4.76. The van der Waals surface area contributed by atoms with Gasteiger partial charge in [0.1, 0.15) is 11.5 Å². The van der Waals surface area contributed by atoms with Crippen molar-refractivity contribution in [1.82, 2.24) is 0 Å². The quantitative estimate of drug-likeness (QED) is 0.221. The van der Waals surface area contributed by atoms with E-state index in [0.717, 1.165) is 27.8 Å². The van der Waals surface area contributed by atoms with Gasteiger partial charge in [-0.3, -0.25) is 0 Å². The second kappa shape index (κ2) is 8.42. The minimum atomic E-state index is 0.715. The van der Waals surface area contributed by atoms with E-state index in [2.05, 4.69) is 103 Å². The van der Waals surface area contributed by atoms with E-state index in [1.807, 2.05) is 24.3 Å². The summed E-state index contributed by atoms with van der Waals surface area (Å²) in [6, 6.07) is 43.7. The highest BCUT2D eigenvalue weighted by Gasteiger charge is 2.19. The third kappa shape index (κ3) is 3.46. The summed E-state index contributed by atoms with van der Waals surface area (Å²) >= 11 is 0. The fraction of sp³-hybridized carbons (Fsp3) is 0. The van der Waals surface area contributed by atoms with Crippen LogP contribution in [0.2, 0.25) is 0 Å². The first kappa shape index (κ1) is 20.1. The molecule has 0 bridgehead atoms. The summed E-state index contributed by atoms with van der Waals surface area (Å²) in [5, 5.41) is 4.69. The molecule has 2 N–H and O–H groups in total. The maximum atomic E-state index is 6.49. The summed E-state index contributed by atoms with van der Waals surface area (Å²) < 4.78 is 6.49. The molecule has 0 spiro atoms. The van der Waals surface area contributed by atoms with Crippen molar-refractivity contribution in [1.29, 1.82) is 0 Å². The molecule has 0 amide bonds. The van der Waals surface area contributed by atoms with Gasteiger partial charge >= 0.3 is 0 Å². The normalized spacial score (nSPS) is 11.1. The highest BCUT2D eigenvalue weighted by atomic mass is 16.5. The first-order chi connectivity index (χ1) is 16.8. The van der Waals surface area contributed by atoms with Crippen molar-refractivity contribution in [2.24, 2.45) is 0 Å². The van der Waals surface area contributed by atoms with Gasteiger partial charge in [-0.1, -0.05) is 97.1 Å². The molecule has 0 saturated heterocycles. The Labute approximate surface area is 198 Å². The Morgan fingerprint density at radius 3 is 1.62 bits per heavy atom. The average molecular weight is 438 g/mol. The van der Waals surface area contributed by atoms with Crippen LogP contribution in [0.25, 0.3) is 43.8 Å². The maximum absolute atomic E-state index is 6.49. The zero-order valence-corrected chi connectivity index (χ0v) is 18.6. The van der Waals surface area contributed by atoms with Gasteiger partial charge in [0.05, 0.1) is 0 Å². The summed E-state index contributed by atoms with van der Waals surface area (Å²) in [6.45, 7) is 0. The van der Waals surface area contributed by atoms with E-state index in [1.165, 1.54) is 27.5 Å². The van der Waals surface area contributed by atoms with E-state index in [4.69, 9.17) is 10.5 Å². The van der Waals surface area contributed by atoms with Crippen LogP contribution in [0.4, 0.5) is 5.69 Å². The van der Waals surface area contributed by atoms with E-state index in [-0.39, 0.29) is 0 Å². The van der Waals surface area contributed by atoms with E-state index >= 15 is 0 Å². The summed E-state index contributed by atoms with van der Waals surface area (Å²) in [6.07, 6.45) is 0. The van der Waals surface area contributed by atoms with Gasteiger partial charge < -0.3 is 10.5 Å². The summed E-state index contributed by atoms with van der Waals surface area (Å²) in [5.74, 6) is 1.58. The van der Waals surface area contributed by atoms with Crippen LogP contribution < -0.4 is 10.5 Å². The van der Waals surface area contributed by atoms with Crippen molar-refractivity contribution in [3.63, 3.8) is 0 Å². The van der Waals surface area contributed by atoms with Crippen LogP contribution in [0.3, 0.4) is 0 Å². The zero-order valence-electron chi connectivity index (χ0n) is 18.6. The molecule has 6 rings (SSSR count). The Morgan fingerprint density at radius 2 is 0.971 bits per heavy atom. The topological polar surface area (TPSA) is 35.2 Å². The number of nitrogens with two attached hydrogens (primary N) is 1. The Hall–Kier alpha value is -4.56. The molecule has 0 atom stereocenters. The van der Waals surface area contributed by atoms with Crippen LogP contribution in [-0.4, -0.2) is 0 Å². The zero-order chi connectivity index (χ0) is 22.9. The van der Waals surface area contributed by atoms with Crippen LogP contribution in [0.5, 0.6) is 11.5 Å². The molecule has 0 aromatic heterocycles. The van der Waals surface area contributed by atoms with Crippen molar-refractivity contribution in [2.75, 3.05) is 5.73 Å². The monoisotopic (exact) mass is 437 g/mol. The van der Waals surface area contributed by atoms with Crippen LogP contribution in [0, 0.1) is 0 Å². The van der Waals surface area contributed by atoms with Gasteiger partial charge in [0.25, 0.3) is 0 Å². The lowest BCUT2D eigenvalue weighted by atomic mass is 9.85. The van der Waals surface area contributed by atoms with E-state index in [0.29, 0.717) is 5.69 Å². The van der Waals surface area contributed by atoms with Gasteiger partial charge in [-0.15, -0.1) is 0 Å². The molecule has 0 aliphatic rings. The predicted molar refractivity (Wildman–Crippen MR) is 143 cm³/mol. The van der Waals surface area contributed by atoms with Gasteiger partial charge in [-0.2, -0.15) is 0 Å². The summed E-state index contributed by atoms with van der Waals surface area (Å²) in [4.78, 5) is 0. The minimum Gasteiger partial charge on any atom is -0.457 e. The van der Waals surface area contributed by atoms with Gasteiger partial charge in [0.2, 0.25) is 0 Å². The van der Waals surface area contributed by atoms with Crippen molar-refractivity contribution in [3.05, 3.63) is 127 Å². The Kier molecular flexibility index (Phi) is 4.97. The number of nitrogen functional groups attached to an aromatic ring is 1. The lowest BCUT2D eigenvalue weighted by Gasteiger charge is -2.20. The highest BCUT2D eigenvalue weighted by molar-refractivity contribution is 6.22. The van der Waals surface area contributed by atoms with Crippen molar-refractivity contribution >= 4 is 27.2 Å². The first-order valence-electron chi connectivity index (χ1n) is 11.4. The second-order valence-corrected chi connectivity index (χ2v) is 8.38. The van der Waals surface area contributed by atoms with Gasteiger partial charge in [-0.25, -0.2) is 0 Å². The maximum Gasteiger partial charge on any atom is 0.135 e. The van der Waals surface area contributed by atoms with Crippen LogP contribution >= 0.6 is 0 Å². The molecule has 34 heavy (non-hydrogen) atoms. The summed E-state index contributed by atoms with van der Waals surface area (Å²) in [7, 11) is 0. The Morgan fingerprint density at radius 1 is 0.441 bits per heavy atom. The molecule has 162 valence electrons. The predicted octanol–water partition coefficient (Wildman–Crippen LogP) is 8.70. The molecule has 0 fully saturated rings. The second-order valence-electron chi connectivity index (χ2n) is 8.38. The lowest BCUT2D eigenvalue weighted by Crippen LogP contribution is -1.94. The van der Waals surface area contributed by atoms with Gasteiger partial charge in [0.15, 0.2) is 0 Å². The largest absolute Gasteiger partial charge is 0.457 e. The van der Waals surface area contributed by atoms with Gasteiger partial charge in [-0.05, 0) is 63.2 Å². The third-order valence-corrected chi connectivity index (χ3v) is 6.24. The number of rotatable bonds is 4. The molecule has 0 aliphatic carbocycles. The van der Waals surface area contributed by atoms with E-state index < -0.39 is 0 Å². The lowest BCUT2D eigenvalue weighted by molar-refractivity contribution is 0.488. The number of benzene rings is 6. The Bertz CT molecular complexity index is 1600. The first-order valence-corrected chi connectivity index (χ1v) is 11.4. The highest BCUT2D eigenvalue weighted by Crippen LogP contribution is 2.47. The molecular formula is C32H23NO. The van der Waals surface area contributed by atoms with Crippen LogP contribution in [0.1, 0.15) is 0 Å². The SMILES string of the molecule is Nc1ccc(Oc2cccc3c(-c4ccccc4)c4ccccc4c(-c4ccccc4)c23)cc1. The number of ether oxygens (including phenoxy) is 1. The molecule has 0 saturated carbocycles. The standard InChI is InChI=1S/C32H23NO/c33-24-18-20-25(21-19-24)34-29-17-9-16-28-30(22-10-3-1-4-11-22)26-14-7-8-15-27(26)31(32(28)29)23-12-5-2-6-13-23/h1-21H,33H2. The molecule has 0 aliphatic heterocycles. The van der Waals surface area contributed by atoms with Crippen LogP contribution in [0.15, 0.2) is 127 Å². The minimum absolute atomic E-state index is 0.715. The van der Waals surface area contributed by atoms with Crippen LogP contribution in [-0.2, 0) is 0 Å². The number of hydrogen-bond donors (Lipinski definition) is 1. The van der Waals surface area contributed by atoms with Crippen molar-refractivity contribution < 1.29 is 4.74 Å². The molecule has 2 nitrogen and oxygen atoms in total. The third-order valence-electron chi connectivity index (χ3n) is 6.24. The summed E-state index contributed by atoms with van der Waals surface area (Å²) in [5.41, 5.74) is 11.4. The average Bonchev–Trinajstić information content (AvgIpc) is 2.90.